The van der Waals surface area contributed by atoms with Crippen LogP contribution in [0.3, 0.4) is 0 Å². The molecule has 9 heteroatoms. The molecule has 0 aliphatic carbocycles. The average Bonchev–Trinajstić information content (AvgIpc) is 3.32. The molecule has 1 amide bonds. The van der Waals surface area contributed by atoms with Crippen molar-refractivity contribution in [2.75, 3.05) is 12.4 Å². The molecule has 1 unspecified atom stereocenters. The Morgan fingerprint density at radius 1 is 1.21 bits per heavy atom. The first kappa shape index (κ1) is 27.7. The Morgan fingerprint density at radius 2 is 1.95 bits per heavy atom. The third kappa shape index (κ3) is 6.37. The molecule has 2 heterocycles. The van der Waals surface area contributed by atoms with Crippen molar-refractivity contribution in [3.05, 3.63) is 86.9 Å². The summed E-state index contributed by atoms with van der Waals surface area (Å²) in [6.45, 7) is 8.22. The van der Waals surface area contributed by atoms with Gasteiger partial charge in [-0.05, 0) is 42.4 Å². The zero-order valence-corrected chi connectivity index (χ0v) is 23.9. The molecule has 0 fully saturated rings. The third-order valence-electron chi connectivity index (χ3n) is 6.33. The number of aliphatic imine (C=N–C) groups is 3. The molecule has 2 aliphatic rings. The van der Waals surface area contributed by atoms with Gasteiger partial charge in [-0.2, -0.15) is 4.99 Å². The largest absolute Gasteiger partial charge is 0.343 e. The lowest BCUT2D eigenvalue weighted by Gasteiger charge is -2.29. The molecule has 0 bridgehead atoms. The van der Waals surface area contributed by atoms with Crippen molar-refractivity contribution >= 4 is 51.9 Å². The number of hydrogen-bond donors (Lipinski definition) is 3. The quantitative estimate of drug-likeness (QED) is 0.295. The number of guanidine groups is 1. The fraction of sp³-hybridized carbons (Fsp3) is 0.310. The number of amides is 1. The Bertz CT molecular complexity index is 1350. The van der Waals surface area contributed by atoms with Crippen LogP contribution in [0.2, 0.25) is 5.02 Å². The number of anilines is 1. The van der Waals surface area contributed by atoms with Crippen LogP contribution in [0.15, 0.2) is 85.8 Å². The van der Waals surface area contributed by atoms with Crippen molar-refractivity contribution in [3.8, 4) is 0 Å². The van der Waals surface area contributed by atoms with E-state index in [1.165, 1.54) is 22.9 Å². The SMILES string of the molecule is CCC(C)=CSC(=NC)NC(=O)C1=C(C(C)C)NC(/N=C2/Cc3ccccc3N2)=NC1c1ccccc1Cl. The molecule has 0 saturated heterocycles. The molecule has 0 radical (unpaired) electrons. The molecule has 2 aromatic rings. The number of thioether (sulfide) groups is 1. The smallest absolute Gasteiger partial charge is 0.257 e. The van der Waals surface area contributed by atoms with E-state index >= 15 is 0 Å². The van der Waals surface area contributed by atoms with E-state index in [0.29, 0.717) is 28.1 Å². The molecular weight excluding hydrogens is 516 g/mol. The van der Waals surface area contributed by atoms with Gasteiger partial charge in [-0.25, -0.2) is 4.99 Å². The molecule has 3 N–H and O–H groups in total. The van der Waals surface area contributed by atoms with Crippen molar-refractivity contribution in [1.29, 1.82) is 0 Å². The number of hydrogen-bond acceptors (Lipinski definition) is 6. The number of fused-ring (bicyclic) bond motifs is 1. The summed E-state index contributed by atoms with van der Waals surface area (Å²) in [5.74, 6) is 0.952. The fourth-order valence-corrected chi connectivity index (χ4v) is 5.12. The van der Waals surface area contributed by atoms with Crippen molar-refractivity contribution in [3.63, 3.8) is 0 Å². The molecule has 2 aromatic carbocycles. The molecule has 4 rings (SSSR count). The summed E-state index contributed by atoms with van der Waals surface area (Å²) in [5, 5.41) is 12.8. The summed E-state index contributed by atoms with van der Waals surface area (Å²) >= 11 is 8.03. The van der Waals surface area contributed by atoms with E-state index in [1.807, 2.05) is 61.7 Å². The van der Waals surface area contributed by atoms with Crippen LogP contribution >= 0.6 is 23.4 Å². The van der Waals surface area contributed by atoms with Gasteiger partial charge in [0.15, 0.2) is 5.17 Å². The first-order valence-electron chi connectivity index (χ1n) is 12.7. The Kier molecular flexibility index (Phi) is 9.07. The van der Waals surface area contributed by atoms with Crippen LogP contribution in [0.4, 0.5) is 5.69 Å². The van der Waals surface area contributed by atoms with Crippen molar-refractivity contribution in [2.24, 2.45) is 20.9 Å². The maximum atomic E-state index is 13.8. The standard InChI is InChI=1S/C29H33ClN6OS/c1-6-18(4)16-38-29(31-5)36-27(37)24-25(17(2)3)34-28(35-26(24)20-12-8-9-13-21(20)30)33-23-15-19-11-7-10-14-22(19)32-23/h7-14,16-17,26H,6,15H2,1-5H3,(H,31,36,37)(H2,32,33,34,35). The number of allylic oxidation sites excluding steroid dienone is 2. The van der Waals surface area contributed by atoms with Gasteiger partial charge in [0.25, 0.3) is 5.91 Å². The lowest BCUT2D eigenvalue weighted by molar-refractivity contribution is -0.116. The van der Waals surface area contributed by atoms with E-state index in [-0.39, 0.29) is 11.8 Å². The maximum Gasteiger partial charge on any atom is 0.257 e. The number of halogens is 1. The van der Waals surface area contributed by atoms with Gasteiger partial charge < -0.3 is 16.0 Å². The van der Waals surface area contributed by atoms with Gasteiger partial charge in [-0.3, -0.25) is 9.79 Å². The minimum Gasteiger partial charge on any atom is -0.343 e. The van der Waals surface area contributed by atoms with E-state index in [1.54, 1.807) is 7.05 Å². The van der Waals surface area contributed by atoms with Crippen LogP contribution in [-0.2, 0) is 11.2 Å². The predicted octanol–water partition coefficient (Wildman–Crippen LogP) is 6.47. The van der Waals surface area contributed by atoms with E-state index in [9.17, 15) is 4.79 Å². The molecule has 2 aliphatic heterocycles. The number of carbonyl (C=O) groups is 1. The second kappa shape index (κ2) is 12.5. The van der Waals surface area contributed by atoms with Crippen LogP contribution in [0, 0.1) is 5.92 Å². The first-order chi connectivity index (χ1) is 18.3. The highest BCUT2D eigenvalue weighted by atomic mass is 35.5. The highest BCUT2D eigenvalue weighted by Gasteiger charge is 2.34. The predicted molar refractivity (Wildman–Crippen MR) is 161 cm³/mol. The molecule has 7 nitrogen and oxygen atoms in total. The maximum absolute atomic E-state index is 13.8. The van der Waals surface area contributed by atoms with E-state index in [4.69, 9.17) is 21.6 Å². The zero-order chi connectivity index (χ0) is 27.2. The number of para-hydroxylation sites is 1. The second-order valence-electron chi connectivity index (χ2n) is 9.42. The molecule has 0 spiro atoms. The van der Waals surface area contributed by atoms with E-state index < -0.39 is 6.04 Å². The minimum absolute atomic E-state index is 0.00271. The topological polar surface area (TPSA) is 90.2 Å². The third-order valence-corrected chi connectivity index (χ3v) is 7.70. The van der Waals surface area contributed by atoms with Crippen LogP contribution in [0.25, 0.3) is 0 Å². The number of rotatable bonds is 5. The van der Waals surface area contributed by atoms with Gasteiger partial charge in [-0.1, -0.05) is 86.1 Å². The van der Waals surface area contributed by atoms with E-state index in [2.05, 4.69) is 40.9 Å². The Labute approximate surface area is 233 Å². The second-order valence-corrected chi connectivity index (χ2v) is 10.7. The van der Waals surface area contributed by atoms with Crippen LogP contribution in [0.1, 0.15) is 51.3 Å². The van der Waals surface area contributed by atoms with Gasteiger partial charge in [0, 0.05) is 35.4 Å². The van der Waals surface area contributed by atoms with Gasteiger partial charge in [-0.15, -0.1) is 0 Å². The Balaban J connectivity index is 1.72. The normalized spacial score (nSPS) is 18.8. The summed E-state index contributed by atoms with van der Waals surface area (Å²) in [6.07, 6.45) is 1.61. The number of nitrogens with zero attached hydrogens (tertiary/aromatic N) is 3. The number of amidine groups is 2. The van der Waals surface area contributed by atoms with E-state index in [0.717, 1.165) is 29.2 Å². The number of benzene rings is 2. The summed E-state index contributed by atoms with van der Waals surface area (Å²) in [5.41, 5.74) is 5.42. The van der Waals surface area contributed by atoms with Gasteiger partial charge in [0.05, 0.1) is 5.57 Å². The molecule has 38 heavy (non-hydrogen) atoms. The molecular formula is C29H33ClN6OS. The highest BCUT2D eigenvalue weighted by molar-refractivity contribution is 8.16. The Hall–Kier alpha value is -3.36. The monoisotopic (exact) mass is 548 g/mol. The summed E-state index contributed by atoms with van der Waals surface area (Å²) < 4.78 is 0. The molecule has 198 valence electrons. The van der Waals surface area contributed by atoms with Crippen LogP contribution in [0.5, 0.6) is 0 Å². The average molecular weight is 549 g/mol. The van der Waals surface area contributed by atoms with Crippen molar-refractivity contribution < 1.29 is 4.79 Å². The van der Waals surface area contributed by atoms with Gasteiger partial charge >= 0.3 is 0 Å². The zero-order valence-electron chi connectivity index (χ0n) is 22.3. The fourth-order valence-electron chi connectivity index (χ4n) is 4.15. The Morgan fingerprint density at radius 3 is 2.63 bits per heavy atom. The van der Waals surface area contributed by atoms with Crippen molar-refractivity contribution in [1.82, 2.24) is 10.6 Å². The van der Waals surface area contributed by atoms with Gasteiger partial charge in [0.2, 0.25) is 5.96 Å². The molecule has 0 aromatic heterocycles. The van der Waals surface area contributed by atoms with Crippen LogP contribution in [-0.4, -0.2) is 29.9 Å². The lowest BCUT2D eigenvalue weighted by atomic mass is 9.91. The lowest BCUT2D eigenvalue weighted by Crippen LogP contribution is -2.39. The van der Waals surface area contributed by atoms with Crippen LogP contribution < -0.4 is 16.0 Å². The number of carbonyl (C=O) groups excluding carboxylic acids is 1. The summed E-state index contributed by atoms with van der Waals surface area (Å²) in [6, 6.07) is 15.0. The molecule has 0 saturated carbocycles. The summed E-state index contributed by atoms with van der Waals surface area (Å²) in [4.78, 5) is 27.8. The highest BCUT2D eigenvalue weighted by Crippen LogP contribution is 2.37. The molecule has 1 atom stereocenters. The first-order valence-corrected chi connectivity index (χ1v) is 13.9. The van der Waals surface area contributed by atoms with Gasteiger partial charge in [0.1, 0.15) is 11.9 Å². The van der Waals surface area contributed by atoms with Crippen molar-refractivity contribution in [2.45, 2.75) is 46.6 Å². The minimum atomic E-state index is -0.637. The summed E-state index contributed by atoms with van der Waals surface area (Å²) in [7, 11) is 1.67. The number of nitrogens with one attached hydrogen (secondary N) is 3.